The highest BCUT2D eigenvalue weighted by Gasteiger charge is 2.07. The zero-order valence-corrected chi connectivity index (χ0v) is 15.2. The van der Waals surface area contributed by atoms with Gasteiger partial charge in [0.15, 0.2) is 0 Å². The van der Waals surface area contributed by atoms with Crippen LogP contribution in [0.5, 0.6) is 0 Å². The fraction of sp³-hybridized carbons (Fsp3) is 0.333. The Hall–Kier alpha value is -1.41. The molecule has 0 unspecified atom stereocenters. The van der Waals surface area contributed by atoms with E-state index in [4.69, 9.17) is 4.74 Å². The number of nitrogens with one attached hydrogen (secondary N) is 2. The number of hydrogen-bond acceptors (Lipinski definition) is 4. The molecule has 1 aromatic heterocycles. The van der Waals surface area contributed by atoms with Crippen LogP contribution in [0.1, 0.15) is 5.56 Å². The van der Waals surface area contributed by atoms with Crippen LogP contribution < -0.4 is 10.6 Å². The molecular formula is C15H20BrClN4O2. The summed E-state index contributed by atoms with van der Waals surface area (Å²) in [5, 5.41) is 5.79. The SMILES string of the molecule is COCCNCC(=O)Nc1nccn1Cc1ccc(Br)cc1.Cl. The third-order valence-electron chi connectivity index (χ3n) is 3.00. The summed E-state index contributed by atoms with van der Waals surface area (Å²) >= 11 is 3.41. The lowest BCUT2D eigenvalue weighted by Crippen LogP contribution is -2.31. The van der Waals surface area contributed by atoms with Crippen molar-refractivity contribution in [2.24, 2.45) is 0 Å². The molecule has 1 aromatic carbocycles. The van der Waals surface area contributed by atoms with Crippen LogP contribution in [-0.4, -0.2) is 42.3 Å². The molecule has 2 N–H and O–H groups in total. The maximum atomic E-state index is 11.8. The number of benzene rings is 1. The molecule has 0 saturated carbocycles. The number of rotatable bonds is 8. The van der Waals surface area contributed by atoms with Crippen molar-refractivity contribution in [1.29, 1.82) is 0 Å². The maximum absolute atomic E-state index is 11.8. The smallest absolute Gasteiger partial charge is 0.240 e. The first kappa shape index (κ1) is 19.6. The standard InChI is InChI=1S/C15H19BrN4O2.ClH/c1-22-9-7-17-10-14(21)19-15-18-6-8-20(15)11-12-2-4-13(16)5-3-12;/h2-6,8,17H,7,9-11H2,1H3,(H,18,19,21);1H. The predicted molar refractivity (Wildman–Crippen MR) is 96.1 cm³/mol. The van der Waals surface area contributed by atoms with E-state index in [9.17, 15) is 4.79 Å². The van der Waals surface area contributed by atoms with Crippen LogP contribution in [0.4, 0.5) is 5.95 Å². The molecule has 0 aliphatic rings. The molecule has 0 fully saturated rings. The summed E-state index contributed by atoms with van der Waals surface area (Å²) < 4.78 is 7.85. The van der Waals surface area contributed by atoms with Crippen LogP contribution in [0.25, 0.3) is 0 Å². The molecule has 23 heavy (non-hydrogen) atoms. The maximum Gasteiger partial charge on any atom is 0.240 e. The molecule has 0 radical (unpaired) electrons. The number of carbonyl (C=O) groups excluding carboxylic acids is 1. The molecule has 0 aliphatic carbocycles. The second kappa shape index (κ2) is 10.4. The number of nitrogens with zero attached hydrogens (tertiary/aromatic N) is 2. The Morgan fingerprint density at radius 2 is 2.09 bits per heavy atom. The first-order valence-corrected chi connectivity index (χ1v) is 7.73. The fourth-order valence-corrected chi connectivity index (χ4v) is 2.16. The zero-order chi connectivity index (χ0) is 15.8. The monoisotopic (exact) mass is 402 g/mol. The predicted octanol–water partition coefficient (Wildman–Crippen LogP) is 2.29. The Bertz CT molecular complexity index is 604. The van der Waals surface area contributed by atoms with Crippen LogP contribution in [-0.2, 0) is 16.1 Å². The molecule has 0 atom stereocenters. The van der Waals surface area contributed by atoms with Crippen LogP contribution >= 0.6 is 28.3 Å². The van der Waals surface area contributed by atoms with E-state index in [1.54, 1.807) is 13.3 Å². The molecule has 1 heterocycles. The van der Waals surface area contributed by atoms with Crippen molar-refractivity contribution >= 4 is 40.2 Å². The Morgan fingerprint density at radius 3 is 2.78 bits per heavy atom. The van der Waals surface area contributed by atoms with E-state index in [0.29, 0.717) is 25.6 Å². The third kappa shape index (κ3) is 6.70. The quantitative estimate of drug-likeness (QED) is 0.664. The third-order valence-corrected chi connectivity index (χ3v) is 3.53. The van der Waals surface area contributed by atoms with Gasteiger partial charge in [-0.05, 0) is 17.7 Å². The Labute approximate surface area is 150 Å². The van der Waals surface area contributed by atoms with Gasteiger partial charge in [0.1, 0.15) is 0 Å². The number of ether oxygens (including phenoxy) is 1. The summed E-state index contributed by atoms with van der Waals surface area (Å²) in [7, 11) is 1.63. The second-order valence-corrected chi connectivity index (χ2v) is 5.64. The summed E-state index contributed by atoms with van der Waals surface area (Å²) in [6.07, 6.45) is 3.52. The minimum Gasteiger partial charge on any atom is -0.383 e. The minimum atomic E-state index is -0.126. The van der Waals surface area contributed by atoms with Gasteiger partial charge >= 0.3 is 0 Å². The van der Waals surface area contributed by atoms with Gasteiger partial charge in [-0.25, -0.2) is 4.98 Å². The molecular weight excluding hydrogens is 384 g/mol. The van der Waals surface area contributed by atoms with Crippen molar-refractivity contribution in [3.05, 3.63) is 46.7 Å². The van der Waals surface area contributed by atoms with Crippen molar-refractivity contribution in [3.63, 3.8) is 0 Å². The molecule has 0 saturated heterocycles. The van der Waals surface area contributed by atoms with Crippen LogP contribution in [0.15, 0.2) is 41.1 Å². The number of hydrogen-bond donors (Lipinski definition) is 2. The lowest BCUT2D eigenvalue weighted by atomic mass is 10.2. The molecule has 0 bridgehead atoms. The molecule has 0 aliphatic heterocycles. The first-order chi connectivity index (χ1) is 10.7. The number of anilines is 1. The van der Waals surface area contributed by atoms with Crippen LogP contribution in [0, 0.1) is 0 Å². The normalized spacial score (nSPS) is 10.2. The topological polar surface area (TPSA) is 68.2 Å². The number of aromatic nitrogens is 2. The summed E-state index contributed by atoms with van der Waals surface area (Å²) in [5.74, 6) is 0.417. The highest BCUT2D eigenvalue weighted by molar-refractivity contribution is 9.10. The summed E-state index contributed by atoms with van der Waals surface area (Å²) in [6, 6.07) is 8.04. The Morgan fingerprint density at radius 1 is 1.35 bits per heavy atom. The van der Waals surface area contributed by atoms with Crippen LogP contribution in [0.3, 0.4) is 0 Å². The van der Waals surface area contributed by atoms with Crippen molar-refractivity contribution in [3.8, 4) is 0 Å². The highest BCUT2D eigenvalue weighted by atomic mass is 79.9. The number of imidazole rings is 1. The molecule has 8 heteroatoms. The Kier molecular flexibility index (Phi) is 8.86. The van der Waals surface area contributed by atoms with Gasteiger partial charge in [0, 0.05) is 30.5 Å². The summed E-state index contributed by atoms with van der Waals surface area (Å²) in [6.45, 7) is 2.09. The number of amides is 1. The van der Waals surface area contributed by atoms with Gasteiger partial charge in [0.05, 0.1) is 19.7 Å². The molecule has 1 amide bonds. The average molecular weight is 404 g/mol. The van der Waals surface area contributed by atoms with E-state index < -0.39 is 0 Å². The highest BCUT2D eigenvalue weighted by Crippen LogP contribution is 2.13. The van der Waals surface area contributed by atoms with Crippen molar-refractivity contribution in [2.45, 2.75) is 6.54 Å². The molecule has 2 rings (SSSR count). The van der Waals surface area contributed by atoms with Gasteiger partial charge in [0.25, 0.3) is 0 Å². The van der Waals surface area contributed by atoms with Crippen LogP contribution in [0.2, 0.25) is 0 Å². The molecule has 6 nitrogen and oxygen atoms in total. The largest absolute Gasteiger partial charge is 0.383 e. The van der Waals surface area contributed by atoms with E-state index in [-0.39, 0.29) is 24.9 Å². The number of methoxy groups -OCH3 is 1. The summed E-state index contributed by atoms with van der Waals surface area (Å²) in [4.78, 5) is 16.0. The Balaban J connectivity index is 0.00000264. The van der Waals surface area contributed by atoms with Crippen molar-refractivity contribution < 1.29 is 9.53 Å². The molecule has 0 spiro atoms. The summed E-state index contributed by atoms with van der Waals surface area (Å²) in [5.41, 5.74) is 1.13. The van der Waals surface area contributed by atoms with E-state index in [1.807, 2.05) is 35.0 Å². The number of carbonyl (C=O) groups is 1. The molecule has 2 aromatic rings. The zero-order valence-electron chi connectivity index (χ0n) is 12.8. The average Bonchev–Trinajstić information content (AvgIpc) is 2.93. The second-order valence-electron chi connectivity index (χ2n) is 4.72. The van der Waals surface area contributed by atoms with Gasteiger partial charge in [-0.3, -0.25) is 10.1 Å². The van der Waals surface area contributed by atoms with E-state index in [0.717, 1.165) is 10.0 Å². The van der Waals surface area contributed by atoms with Gasteiger partial charge in [-0.2, -0.15) is 0 Å². The molecule has 126 valence electrons. The van der Waals surface area contributed by atoms with Crippen molar-refractivity contribution in [1.82, 2.24) is 14.9 Å². The van der Waals surface area contributed by atoms with E-state index in [1.165, 1.54) is 0 Å². The van der Waals surface area contributed by atoms with Gasteiger partial charge in [-0.15, -0.1) is 12.4 Å². The lowest BCUT2D eigenvalue weighted by molar-refractivity contribution is -0.115. The first-order valence-electron chi connectivity index (χ1n) is 6.94. The van der Waals surface area contributed by atoms with Gasteiger partial charge < -0.3 is 14.6 Å². The number of halogens is 2. The van der Waals surface area contributed by atoms with Gasteiger partial charge in [0.2, 0.25) is 11.9 Å². The van der Waals surface area contributed by atoms with Crippen molar-refractivity contribution in [2.75, 3.05) is 32.1 Å². The van der Waals surface area contributed by atoms with E-state index in [2.05, 4.69) is 31.5 Å². The van der Waals surface area contributed by atoms with E-state index >= 15 is 0 Å². The van der Waals surface area contributed by atoms with Gasteiger partial charge in [-0.1, -0.05) is 28.1 Å². The minimum absolute atomic E-state index is 0. The lowest BCUT2D eigenvalue weighted by Gasteiger charge is -2.10. The fourth-order valence-electron chi connectivity index (χ4n) is 1.89.